The van der Waals surface area contributed by atoms with Gasteiger partial charge in [0, 0.05) is 16.2 Å². The average molecular weight is 638 g/mol. The lowest BCUT2D eigenvalue weighted by molar-refractivity contribution is 0.660. The maximum Gasteiger partial charge on any atom is 0.136 e. The minimum absolute atomic E-state index is 0.0448. The fourth-order valence-corrected chi connectivity index (χ4v) is 6.61. The van der Waals surface area contributed by atoms with E-state index >= 15 is 0 Å². The Morgan fingerprint density at radius 3 is 1.73 bits per heavy atom. The first-order valence-electron chi connectivity index (χ1n) is 27.2. The molecule has 9 aromatic rings. The molecule has 8 aromatic carbocycles. The lowest BCUT2D eigenvalue weighted by Gasteiger charge is -2.21. The summed E-state index contributed by atoms with van der Waals surface area (Å²) in [7, 11) is 0. The van der Waals surface area contributed by atoms with Gasteiger partial charge in [0.1, 0.15) is 11.2 Å². The topological polar surface area (TPSA) is 13.1 Å². The fourth-order valence-electron chi connectivity index (χ4n) is 6.61. The quantitative estimate of drug-likeness (QED) is 0.176. The van der Waals surface area contributed by atoms with Crippen LogP contribution in [0.15, 0.2) is 162 Å². The molecule has 1 aliphatic rings. The molecule has 0 saturated heterocycles. The molecule has 0 fully saturated rings. The minimum Gasteiger partial charge on any atom is -0.456 e. The Hall–Kier alpha value is -5.92. The van der Waals surface area contributed by atoms with E-state index in [0.29, 0.717) is 0 Å². The smallest absolute Gasteiger partial charge is 0.136 e. The second kappa shape index (κ2) is 10.0. The number of hydrogen-bond donors (Lipinski definition) is 0. The van der Waals surface area contributed by atoms with E-state index in [1.54, 1.807) is 13.8 Å². The molecule has 10 rings (SSSR count). The maximum atomic E-state index is 9.64. The van der Waals surface area contributed by atoms with Gasteiger partial charge in [0.05, 0.1) is 34.3 Å². The van der Waals surface area contributed by atoms with Crippen LogP contribution in [0.4, 0.5) is 0 Å². The van der Waals surface area contributed by atoms with Crippen LogP contribution in [0, 0.1) is 0 Å². The molecule has 0 unspecified atom stereocenters. The summed E-state index contributed by atoms with van der Waals surface area (Å²) < 4.78 is 232. The number of rotatable bonds is 3. The first-order valence-corrected chi connectivity index (χ1v) is 14.7. The SMILES string of the molecule is [2H]c1cc2c(c([2H])c1-c1c([2H])c([2H])c(-c3c4c([2H])c([2H])c([2H])c([2H])c4c(-c4c([2H])c([2H])c([2H])c5oc6c([2H])c([2H])c([2H])c([2H])c6c45)c4c([2H])c([2H])c([2H])c([2H])c34)c([2H])c1[2H])-c1c([2H])c([2H])c([2H])c([2H])c1C2(C)C. The first-order chi connectivity index (χ1) is 34.0. The zero-order valence-corrected chi connectivity index (χ0v) is 25.0. The monoisotopic (exact) mass is 637 g/mol. The van der Waals surface area contributed by atoms with Crippen LogP contribution >= 0.6 is 0 Å². The highest BCUT2D eigenvalue weighted by Crippen LogP contribution is 2.50. The van der Waals surface area contributed by atoms with Gasteiger partial charge in [0.25, 0.3) is 0 Å². The Bertz CT molecular complexity index is 4060. The highest BCUT2D eigenvalue weighted by atomic mass is 16.3. The summed E-state index contributed by atoms with van der Waals surface area (Å²) in [6.07, 6.45) is 0. The van der Waals surface area contributed by atoms with Crippen LogP contribution in [0.5, 0.6) is 0 Å². The van der Waals surface area contributed by atoms with Crippen molar-refractivity contribution in [2.24, 2.45) is 0 Å². The molecule has 1 heteroatoms. The molecule has 0 spiro atoms. The number of hydrogen-bond acceptors (Lipinski definition) is 1. The van der Waals surface area contributed by atoms with Gasteiger partial charge in [-0.15, -0.1) is 0 Å². The summed E-state index contributed by atoms with van der Waals surface area (Å²) in [6, 6.07) is -18.8. The molecular formula is C47H32O. The van der Waals surface area contributed by atoms with Crippen LogP contribution in [0.2, 0.25) is 0 Å². The number of benzene rings is 8. The zero-order chi connectivity index (χ0) is 53.7. The third kappa shape index (κ3) is 3.79. The summed E-state index contributed by atoms with van der Waals surface area (Å²) in [6.45, 7) is 3.29. The predicted octanol–water partition coefficient (Wildman–Crippen LogP) is 13.2. The zero-order valence-electron chi connectivity index (χ0n) is 50.0. The van der Waals surface area contributed by atoms with Crippen LogP contribution in [0.1, 0.15) is 59.2 Å². The summed E-state index contributed by atoms with van der Waals surface area (Å²) in [5, 5.41) is -3.57. The second-order valence-corrected chi connectivity index (χ2v) is 11.7. The van der Waals surface area contributed by atoms with Crippen LogP contribution < -0.4 is 0 Å². The molecule has 1 aliphatic carbocycles. The Labute approximate surface area is 314 Å². The normalized spacial score (nSPS) is 20.7. The van der Waals surface area contributed by atoms with Gasteiger partial charge in [-0.1, -0.05) is 153 Å². The molecule has 0 N–H and O–H groups in total. The van der Waals surface area contributed by atoms with E-state index in [2.05, 4.69) is 0 Å². The predicted molar refractivity (Wildman–Crippen MR) is 203 cm³/mol. The van der Waals surface area contributed by atoms with Crippen molar-refractivity contribution >= 4 is 43.5 Å². The second-order valence-electron chi connectivity index (χ2n) is 11.7. The molecule has 0 radical (unpaired) electrons. The molecule has 0 bridgehead atoms. The van der Waals surface area contributed by atoms with Crippen molar-refractivity contribution in [2.45, 2.75) is 19.3 Å². The van der Waals surface area contributed by atoms with E-state index in [4.69, 9.17) is 23.6 Å². The van der Waals surface area contributed by atoms with Gasteiger partial charge in [-0.3, -0.25) is 0 Å². The van der Waals surface area contributed by atoms with E-state index in [9.17, 15) is 15.1 Å². The molecule has 0 aliphatic heterocycles. The Morgan fingerprint density at radius 1 is 0.438 bits per heavy atom. The summed E-state index contributed by atoms with van der Waals surface area (Å²) in [5.41, 5.74) is -5.82. The fraction of sp³-hybridized carbons (Fsp3) is 0.0638. The molecule has 48 heavy (non-hydrogen) atoms. The maximum absolute atomic E-state index is 9.64. The lowest BCUT2D eigenvalue weighted by atomic mass is 9.82. The van der Waals surface area contributed by atoms with Gasteiger partial charge in [0.2, 0.25) is 0 Å². The summed E-state index contributed by atoms with van der Waals surface area (Å²) >= 11 is 0. The Morgan fingerprint density at radius 2 is 1.00 bits per heavy atom. The third-order valence-corrected chi connectivity index (χ3v) is 8.81. The van der Waals surface area contributed by atoms with Crippen molar-refractivity contribution in [1.29, 1.82) is 0 Å². The van der Waals surface area contributed by atoms with Gasteiger partial charge in [-0.25, -0.2) is 0 Å². The molecule has 0 saturated carbocycles. The van der Waals surface area contributed by atoms with E-state index < -0.39 is 227 Å². The first kappa shape index (κ1) is 12.3. The van der Waals surface area contributed by atoms with Crippen molar-refractivity contribution in [2.75, 3.05) is 0 Å². The van der Waals surface area contributed by atoms with Crippen LogP contribution in [-0.4, -0.2) is 0 Å². The third-order valence-electron chi connectivity index (χ3n) is 8.81. The van der Waals surface area contributed by atoms with Gasteiger partial charge >= 0.3 is 0 Å². The number of fused-ring (bicyclic) bond motifs is 8. The van der Waals surface area contributed by atoms with Crippen molar-refractivity contribution in [3.63, 3.8) is 0 Å². The van der Waals surface area contributed by atoms with E-state index in [-0.39, 0.29) is 28.3 Å². The van der Waals surface area contributed by atoms with Crippen molar-refractivity contribution in [3.05, 3.63) is 168 Å². The molecule has 1 aromatic heterocycles. The minimum atomic E-state index is -1.19. The van der Waals surface area contributed by atoms with Gasteiger partial charge < -0.3 is 4.42 Å². The summed E-state index contributed by atoms with van der Waals surface area (Å²) in [4.78, 5) is 0. The van der Waals surface area contributed by atoms with E-state index in [0.717, 1.165) is 0 Å². The number of furan rings is 1. The molecule has 226 valence electrons. The average Bonchev–Trinajstić information content (AvgIpc) is 3.86. The van der Waals surface area contributed by atoms with Crippen molar-refractivity contribution < 1.29 is 38.7 Å². The molecule has 0 amide bonds. The Kier molecular flexibility index (Phi) is 2.57. The highest BCUT2D eigenvalue weighted by molar-refractivity contribution is 6.25. The summed E-state index contributed by atoms with van der Waals surface area (Å²) in [5.74, 6) is 0. The van der Waals surface area contributed by atoms with E-state index in [1.165, 1.54) is 6.07 Å². The molecular weight excluding hydrogens is 581 g/mol. The van der Waals surface area contributed by atoms with Crippen LogP contribution in [-0.2, 0) is 5.41 Å². The largest absolute Gasteiger partial charge is 0.456 e. The highest BCUT2D eigenvalue weighted by Gasteiger charge is 2.35. The van der Waals surface area contributed by atoms with E-state index in [1.807, 2.05) is 0 Å². The van der Waals surface area contributed by atoms with Crippen molar-refractivity contribution in [1.82, 2.24) is 0 Å². The lowest BCUT2D eigenvalue weighted by Crippen LogP contribution is -2.14. The van der Waals surface area contributed by atoms with Crippen molar-refractivity contribution in [3.8, 4) is 44.5 Å². The molecule has 0 atom stereocenters. The standard InChI is InChI=1S/C47H32O/c1-47(2)40-19-9-7-12-32(40)39-28-31(26-27-41(39)47)29-22-24-30(25-23-29)44-33-13-3-5-15-35(33)45(36-16-6-4-14-34(36)44)38-18-11-21-43-46(38)37-17-8-10-20-42(37)48-43/h3-28H,1-2H3/i3D,4D,5D,6D,7D,8D,9D,10D,11D,12D,13D,14D,15D,16D,17D,18D,19D,20D,21D,22D,23D,24D,25D,26D,28D. The van der Waals surface area contributed by atoms with Gasteiger partial charge in [0.15, 0.2) is 0 Å². The molecule has 1 nitrogen and oxygen atoms in total. The van der Waals surface area contributed by atoms with Gasteiger partial charge in [-0.05, 0) is 95.3 Å². The molecule has 1 heterocycles. The van der Waals surface area contributed by atoms with Crippen LogP contribution in [0.3, 0.4) is 0 Å². The van der Waals surface area contributed by atoms with Gasteiger partial charge in [-0.2, -0.15) is 0 Å². The van der Waals surface area contributed by atoms with Crippen LogP contribution in [0.25, 0.3) is 88.0 Å². The number of para-hydroxylation sites is 1. The Balaban J connectivity index is 1.43.